The second-order valence-electron chi connectivity index (χ2n) is 11.5. The van der Waals surface area contributed by atoms with Gasteiger partial charge in [0, 0.05) is 40.1 Å². The summed E-state index contributed by atoms with van der Waals surface area (Å²) in [6, 6.07) is 21.5. The molecule has 3 aromatic carbocycles. The fourth-order valence-corrected chi connectivity index (χ4v) is 5.28. The number of aliphatic carboxylic acids is 1. The average Bonchev–Trinajstić information content (AvgIpc) is 3.40. The summed E-state index contributed by atoms with van der Waals surface area (Å²) in [6.45, 7) is 7.77. The maximum absolute atomic E-state index is 14.2. The Hall–Kier alpha value is -5.02. The molecule has 0 fully saturated rings. The van der Waals surface area contributed by atoms with Crippen molar-refractivity contribution in [3.8, 4) is 45.1 Å². The Morgan fingerprint density at radius 2 is 1.68 bits per heavy atom. The molecule has 5 aromatic rings. The minimum absolute atomic E-state index is 0.238. The van der Waals surface area contributed by atoms with Crippen LogP contribution in [0, 0.1) is 12.7 Å². The summed E-state index contributed by atoms with van der Waals surface area (Å²) in [5, 5.41) is 15.3. The van der Waals surface area contributed by atoms with Gasteiger partial charge in [0.05, 0.1) is 17.0 Å². The SMILES string of the molecule is Cc1nc2cc3nn2c(c1[C@H](OC(C)(C)C)C(=O)O)-c1ccc(cc1)OC/C=C\COc1cc(F)ccc1-c1cccc-3c1. The molecule has 8 nitrogen and oxygen atoms in total. The summed E-state index contributed by atoms with van der Waals surface area (Å²) < 4.78 is 33.9. The number of rotatable bonds is 3. The molecule has 4 heterocycles. The van der Waals surface area contributed by atoms with Crippen molar-refractivity contribution in [1.82, 2.24) is 14.6 Å². The van der Waals surface area contributed by atoms with E-state index in [1.807, 2.05) is 87.5 Å². The number of hydrogen-bond acceptors (Lipinski definition) is 6. The van der Waals surface area contributed by atoms with Crippen LogP contribution in [0.2, 0.25) is 0 Å². The molecule has 1 N–H and O–H groups in total. The smallest absolute Gasteiger partial charge is 0.337 e. The van der Waals surface area contributed by atoms with Crippen LogP contribution in [0.15, 0.2) is 84.9 Å². The number of nitrogens with zero attached hydrogens (tertiary/aromatic N) is 3. The second-order valence-corrected chi connectivity index (χ2v) is 11.5. The molecule has 44 heavy (non-hydrogen) atoms. The Kier molecular flexibility index (Phi) is 7.65. The van der Waals surface area contributed by atoms with Crippen molar-refractivity contribution < 1.29 is 28.5 Å². The van der Waals surface area contributed by atoms with Crippen molar-refractivity contribution in [2.75, 3.05) is 13.2 Å². The van der Waals surface area contributed by atoms with Gasteiger partial charge in [0.15, 0.2) is 11.8 Å². The minimum Gasteiger partial charge on any atom is -0.490 e. The molecular formula is C35H32FN3O5. The molecule has 0 saturated carbocycles. The van der Waals surface area contributed by atoms with E-state index in [0.29, 0.717) is 46.4 Å². The topological polar surface area (TPSA) is 95.2 Å². The monoisotopic (exact) mass is 593 g/mol. The summed E-state index contributed by atoms with van der Waals surface area (Å²) in [6.07, 6.45) is 2.36. The Morgan fingerprint density at radius 3 is 2.41 bits per heavy atom. The van der Waals surface area contributed by atoms with Gasteiger partial charge in [-0.25, -0.2) is 18.7 Å². The van der Waals surface area contributed by atoms with Crippen LogP contribution in [0.4, 0.5) is 4.39 Å². The number of carboxylic acid groups (broad SMARTS) is 1. The Balaban J connectivity index is 1.60. The molecule has 0 aliphatic carbocycles. The molecule has 0 radical (unpaired) electrons. The lowest BCUT2D eigenvalue weighted by molar-refractivity contribution is -0.160. The van der Waals surface area contributed by atoms with Gasteiger partial charge >= 0.3 is 5.97 Å². The lowest BCUT2D eigenvalue weighted by atomic mass is 9.98. The lowest BCUT2D eigenvalue weighted by Crippen LogP contribution is -2.29. The molecule has 7 rings (SSSR count). The number of carbonyl (C=O) groups is 1. The molecule has 0 saturated heterocycles. The number of aromatic nitrogens is 3. The molecule has 2 aliphatic rings. The summed E-state index contributed by atoms with van der Waals surface area (Å²) in [5.74, 6) is -0.473. The van der Waals surface area contributed by atoms with Crippen molar-refractivity contribution in [3.05, 3.63) is 102 Å². The van der Waals surface area contributed by atoms with Crippen LogP contribution < -0.4 is 9.47 Å². The fraction of sp³-hybridized carbons (Fsp3) is 0.229. The molecule has 2 aliphatic heterocycles. The zero-order valence-corrected chi connectivity index (χ0v) is 24.9. The van der Waals surface area contributed by atoms with Gasteiger partial charge < -0.3 is 19.3 Å². The first kappa shape index (κ1) is 29.1. The molecule has 0 amide bonds. The van der Waals surface area contributed by atoms with E-state index in [4.69, 9.17) is 24.3 Å². The molecular weight excluding hydrogens is 561 g/mol. The van der Waals surface area contributed by atoms with Gasteiger partial charge in [-0.05, 0) is 87.9 Å². The highest BCUT2D eigenvalue weighted by atomic mass is 19.1. The van der Waals surface area contributed by atoms with Gasteiger partial charge in [-0.1, -0.05) is 18.2 Å². The van der Waals surface area contributed by atoms with Crippen LogP contribution in [-0.2, 0) is 9.53 Å². The van der Waals surface area contributed by atoms with E-state index in [-0.39, 0.29) is 6.61 Å². The lowest BCUT2D eigenvalue weighted by Gasteiger charge is -2.27. The van der Waals surface area contributed by atoms with Crippen LogP contribution in [0.5, 0.6) is 11.5 Å². The number of ether oxygens (including phenoxy) is 3. The Bertz CT molecular complexity index is 1890. The highest BCUT2D eigenvalue weighted by Gasteiger charge is 2.33. The number of hydrogen-bond donors (Lipinski definition) is 1. The highest BCUT2D eigenvalue weighted by molar-refractivity contribution is 5.81. The van der Waals surface area contributed by atoms with Crippen LogP contribution in [0.1, 0.15) is 38.1 Å². The summed E-state index contributed by atoms with van der Waals surface area (Å²) in [5.41, 5.74) is 5.02. The third kappa shape index (κ3) is 5.91. The Labute approximate surface area is 254 Å². The third-order valence-electron chi connectivity index (χ3n) is 7.18. The van der Waals surface area contributed by atoms with Crippen LogP contribution in [0.25, 0.3) is 39.3 Å². The molecule has 2 aromatic heterocycles. The number of benzene rings is 3. The van der Waals surface area contributed by atoms with Gasteiger partial charge in [-0.3, -0.25) is 0 Å². The number of aryl methyl sites for hydroxylation is 1. The molecule has 9 heteroatoms. The van der Waals surface area contributed by atoms with Crippen LogP contribution in [-0.4, -0.2) is 44.5 Å². The van der Waals surface area contributed by atoms with Gasteiger partial charge in [-0.2, -0.15) is 5.10 Å². The predicted octanol–water partition coefficient (Wildman–Crippen LogP) is 7.45. The van der Waals surface area contributed by atoms with Crippen molar-refractivity contribution in [2.24, 2.45) is 0 Å². The van der Waals surface area contributed by atoms with E-state index in [1.165, 1.54) is 12.1 Å². The largest absolute Gasteiger partial charge is 0.490 e. The molecule has 0 unspecified atom stereocenters. The third-order valence-corrected chi connectivity index (χ3v) is 7.18. The van der Waals surface area contributed by atoms with Gasteiger partial charge in [-0.15, -0.1) is 0 Å². The second kappa shape index (κ2) is 11.6. The van der Waals surface area contributed by atoms with Crippen LogP contribution in [0.3, 0.4) is 0 Å². The van der Waals surface area contributed by atoms with E-state index < -0.39 is 23.5 Å². The summed E-state index contributed by atoms with van der Waals surface area (Å²) in [4.78, 5) is 17.4. The van der Waals surface area contributed by atoms with E-state index in [1.54, 1.807) is 17.5 Å². The van der Waals surface area contributed by atoms with Crippen molar-refractivity contribution in [3.63, 3.8) is 0 Å². The average molecular weight is 594 g/mol. The van der Waals surface area contributed by atoms with E-state index in [9.17, 15) is 14.3 Å². The van der Waals surface area contributed by atoms with Gasteiger partial charge in [0.2, 0.25) is 0 Å². The zero-order chi connectivity index (χ0) is 31.0. The first-order valence-corrected chi connectivity index (χ1v) is 14.3. The standard InChI is InChI=1S/C35H32FN3O5/c1-21-31(33(34(40)41)44-35(2,3)4)32-22-10-13-26(14-11-22)42-16-5-6-17-43-29-19-25(36)12-15-27(29)23-8-7-9-24(18-23)28-20-30(37-21)39(32)38-28/h5-15,18-20,33H,16-17H2,1-4H3,(H,40,41)/b6-5-/t33-/m0/s1. The maximum atomic E-state index is 14.2. The number of halogens is 1. The minimum atomic E-state index is -1.29. The maximum Gasteiger partial charge on any atom is 0.337 e. The van der Waals surface area contributed by atoms with E-state index >= 15 is 0 Å². The number of fused-ring (bicyclic) bond motifs is 6. The predicted molar refractivity (Wildman–Crippen MR) is 165 cm³/mol. The molecule has 6 bridgehead atoms. The van der Waals surface area contributed by atoms with Crippen LogP contribution >= 0.6 is 0 Å². The molecule has 224 valence electrons. The van der Waals surface area contributed by atoms with Gasteiger partial charge in [0.25, 0.3) is 0 Å². The first-order valence-electron chi connectivity index (χ1n) is 14.3. The van der Waals surface area contributed by atoms with E-state index in [0.717, 1.165) is 22.3 Å². The normalized spacial score (nSPS) is 14.6. The quantitative estimate of drug-likeness (QED) is 0.217. The molecule has 1 atom stereocenters. The van der Waals surface area contributed by atoms with E-state index in [2.05, 4.69) is 0 Å². The first-order chi connectivity index (χ1) is 21.1. The summed E-state index contributed by atoms with van der Waals surface area (Å²) in [7, 11) is 0. The summed E-state index contributed by atoms with van der Waals surface area (Å²) >= 11 is 0. The molecule has 0 spiro atoms. The zero-order valence-electron chi connectivity index (χ0n) is 24.9. The highest BCUT2D eigenvalue weighted by Crippen LogP contribution is 2.38. The van der Waals surface area contributed by atoms with Crippen molar-refractivity contribution in [1.29, 1.82) is 0 Å². The fourth-order valence-electron chi connectivity index (χ4n) is 5.28. The Morgan fingerprint density at radius 1 is 0.955 bits per heavy atom. The van der Waals surface area contributed by atoms with Crippen molar-refractivity contribution >= 4 is 11.6 Å². The van der Waals surface area contributed by atoms with Crippen molar-refractivity contribution in [2.45, 2.75) is 39.4 Å². The number of carboxylic acids is 1. The van der Waals surface area contributed by atoms with Gasteiger partial charge in [0.1, 0.15) is 30.5 Å².